The minimum atomic E-state index is -0.432. The standard InChI is InChI=1S/C18H16N6O3/c1-27-18(26)11-4-2-3-10(7-11)9-24-14(25)8-12-15(19)21-16(22-17(12)24)13-5-6-20-23-13/h2-7H,8-9H2,1H3,(H,20,23)(H2,19,21,22). The number of H-pyrrole nitrogens is 1. The van der Waals surface area contributed by atoms with Crippen molar-refractivity contribution >= 4 is 23.5 Å². The normalized spacial score (nSPS) is 12.9. The fourth-order valence-corrected chi connectivity index (χ4v) is 3.01. The Hall–Kier alpha value is -3.75. The number of amides is 1. The topological polar surface area (TPSA) is 127 Å². The van der Waals surface area contributed by atoms with Gasteiger partial charge in [0.2, 0.25) is 5.91 Å². The van der Waals surface area contributed by atoms with Gasteiger partial charge in [-0.25, -0.2) is 14.8 Å². The van der Waals surface area contributed by atoms with Gasteiger partial charge in [-0.3, -0.25) is 14.8 Å². The molecular weight excluding hydrogens is 348 g/mol. The van der Waals surface area contributed by atoms with Crippen LogP contribution in [0.5, 0.6) is 0 Å². The number of esters is 1. The average Bonchev–Trinajstić information content (AvgIpc) is 3.31. The van der Waals surface area contributed by atoms with Crippen LogP contribution in [-0.4, -0.2) is 39.2 Å². The molecule has 1 aromatic carbocycles. The van der Waals surface area contributed by atoms with E-state index in [9.17, 15) is 9.59 Å². The molecule has 4 rings (SSSR count). The molecule has 0 bridgehead atoms. The Morgan fingerprint density at radius 2 is 2.19 bits per heavy atom. The number of nitrogens with zero attached hydrogens (tertiary/aromatic N) is 4. The van der Waals surface area contributed by atoms with Gasteiger partial charge in [0, 0.05) is 11.8 Å². The zero-order valence-corrected chi connectivity index (χ0v) is 14.5. The Morgan fingerprint density at radius 1 is 1.33 bits per heavy atom. The van der Waals surface area contributed by atoms with E-state index >= 15 is 0 Å². The molecular formula is C18H16N6O3. The molecule has 0 atom stereocenters. The van der Waals surface area contributed by atoms with Gasteiger partial charge in [-0.05, 0) is 23.8 Å². The zero-order chi connectivity index (χ0) is 19.0. The largest absolute Gasteiger partial charge is 0.465 e. The molecule has 0 fully saturated rings. The minimum Gasteiger partial charge on any atom is -0.465 e. The summed E-state index contributed by atoms with van der Waals surface area (Å²) < 4.78 is 4.75. The maximum absolute atomic E-state index is 12.6. The molecule has 0 aliphatic carbocycles. The molecule has 1 amide bonds. The maximum Gasteiger partial charge on any atom is 0.337 e. The number of carbonyl (C=O) groups is 2. The third kappa shape index (κ3) is 2.99. The fraction of sp³-hybridized carbons (Fsp3) is 0.167. The van der Waals surface area contributed by atoms with E-state index in [1.165, 1.54) is 7.11 Å². The molecule has 27 heavy (non-hydrogen) atoms. The Balaban J connectivity index is 1.70. The van der Waals surface area contributed by atoms with Gasteiger partial charge >= 0.3 is 5.97 Å². The van der Waals surface area contributed by atoms with Gasteiger partial charge in [-0.1, -0.05) is 12.1 Å². The van der Waals surface area contributed by atoms with Crippen LogP contribution in [-0.2, 0) is 22.5 Å². The number of nitrogens with one attached hydrogen (secondary N) is 1. The number of benzene rings is 1. The molecule has 0 saturated carbocycles. The van der Waals surface area contributed by atoms with Gasteiger partial charge in [0.05, 0.1) is 25.6 Å². The second kappa shape index (κ2) is 6.52. The second-order valence-electron chi connectivity index (χ2n) is 6.05. The number of aromatic nitrogens is 4. The van der Waals surface area contributed by atoms with Crippen LogP contribution >= 0.6 is 0 Å². The molecule has 136 valence electrons. The molecule has 0 saturated heterocycles. The Kier molecular flexibility index (Phi) is 4.03. The van der Waals surface area contributed by atoms with E-state index in [0.29, 0.717) is 28.5 Å². The van der Waals surface area contributed by atoms with Crippen LogP contribution in [0.2, 0.25) is 0 Å². The predicted octanol–water partition coefficient (Wildman–Crippen LogP) is 1.32. The average molecular weight is 364 g/mol. The lowest BCUT2D eigenvalue weighted by Crippen LogP contribution is -2.27. The molecule has 0 unspecified atom stereocenters. The highest BCUT2D eigenvalue weighted by molar-refractivity contribution is 6.01. The van der Waals surface area contributed by atoms with E-state index in [1.807, 2.05) is 6.07 Å². The quantitative estimate of drug-likeness (QED) is 0.668. The van der Waals surface area contributed by atoms with Crippen molar-refractivity contribution in [2.45, 2.75) is 13.0 Å². The van der Waals surface area contributed by atoms with Crippen molar-refractivity contribution in [2.24, 2.45) is 0 Å². The van der Waals surface area contributed by atoms with Crippen LogP contribution in [0.15, 0.2) is 36.5 Å². The van der Waals surface area contributed by atoms with Crippen LogP contribution in [0.3, 0.4) is 0 Å². The van der Waals surface area contributed by atoms with E-state index in [1.54, 1.807) is 35.4 Å². The number of methoxy groups -OCH3 is 1. The van der Waals surface area contributed by atoms with Crippen molar-refractivity contribution in [1.29, 1.82) is 0 Å². The molecule has 9 nitrogen and oxygen atoms in total. The van der Waals surface area contributed by atoms with Crippen molar-refractivity contribution < 1.29 is 14.3 Å². The fourth-order valence-electron chi connectivity index (χ4n) is 3.01. The first kappa shape index (κ1) is 16.7. The number of fused-ring (bicyclic) bond motifs is 1. The molecule has 9 heteroatoms. The molecule has 2 aromatic heterocycles. The van der Waals surface area contributed by atoms with Gasteiger partial charge < -0.3 is 10.5 Å². The van der Waals surface area contributed by atoms with Gasteiger partial charge in [0.15, 0.2) is 5.82 Å². The first-order valence-electron chi connectivity index (χ1n) is 8.20. The zero-order valence-electron chi connectivity index (χ0n) is 14.5. The van der Waals surface area contributed by atoms with Crippen molar-refractivity contribution in [3.63, 3.8) is 0 Å². The highest BCUT2D eigenvalue weighted by atomic mass is 16.5. The Morgan fingerprint density at radius 3 is 2.93 bits per heavy atom. The van der Waals surface area contributed by atoms with Crippen LogP contribution in [0.1, 0.15) is 21.5 Å². The molecule has 1 aliphatic heterocycles. The van der Waals surface area contributed by atoms with Crippen LogP contribution < -0.4 is 10.6 Å². The summed E-state index contributed by atoms with van der Waals surface area (Å²) in [7, 11) is 1.33. The number of rotatable bonds is 4. The second-order valence-corrected chi connectivity index (χ2v) is 6.05. The molecule has 1 aliphatic rings. The summed E-state index contributed by atoms with van der Waals surface area (Å²) in [5.74, 6) is 0.547. The summed E-state index contributed by atoms with van der Waals surface area (Å²) in [5, 5.41) is 6.68. The number of ether oxygens (including phenoxy) is 1. The minimum absolute atomic E-state index is 0.128. The van der Waals surface area contributed by atoms with Gasteiger partial charge in [0.1, 0.15) is 17.3 Å². The number of hydrogen-bond acceptors (Lipinski definition) is 7. The third-order valence-corrected chi connectivity index (χ3v) is 4.33. The Bertz CT molecular complexity index is 1030. The summed E-state index contributed by atoms with van der Waals surface area (Å²) in [6.45, 7) is 0.259. The number of hydrogen-bond donors (Lipinski definition) is 2. The molecule has 3 N–H and O–H groups in total. The van der Waals surface area contributed by atoms with Crippen molar-refractivity contribution in [3.05, 3.63) is 53.2 Å². The highest BCUT2D eigenvalue weighted by Gasteiger charge is 2.32. The van der Waals surface area contributed by atoms with Crippen molar-refractivity contribution in [3.8, 4) is 11.5 Å². The van der Waals surface area contributed by atoms with Crippen LogP contribution in [0, 0.1) is 0 Å². The first-order valence-corrected chi connectivity index (χ1v) is 8.20. The summed E-state index contributed by atoms with van der Waals surface area (Å²) in [5.41, 5.74) is 8.46. The van der Waals surface area contributed by atoms with E-state index in [2.05, 4.69) is 20.2 Å². The lowest BCUT2D eigenvalue weighted by molar-refractivity contribution is -0.117. The lowest BCUT2D eigenvalue weighted by atomic mass is 10.1. The van der Waals surface area contributed by atoms with E-state index in [4.69, 9.17) is 10.5 Å². The van der Waals surface area contributed by atoms with E-state index in [0.717, 1.165) is 5.56 Å². The van der Waals surface area contributed by atoms with E-state index < -0.39 is 5.97 Å². The predicted molar refractivity (Wildman–Crippen MR) is 96.7 cm³/mol. The highest BCUT2D eigenvalue weighted by Crippen LogP contribution is 2.33. The van der Waals surface area contributed by atoms with E-state index in [-0.39, 0.29) is 24.7 Å². The third-order valence-electron chi connectivity index (χ3n) is 4.33. The first-order chi connectivity index (χ1) is 13.1. The molecule has 3 heterocycles. The van der Waals surface area contributed by atoms with Crippen molar-refractivity contribution in [2.75, 3.05) is 17.7 Å². The maximum atomic E-state index is 12.6. The molecule has 3 aromatic rings. The smallest absolute Gasteiger partial charge is 0.337 e. The number of carbonyl (C=O) groups excluding carboxylic acids is 2. The summed E-state index contributed by atoms with van der Waals surface area (Å²) in [6.07, 6.45) is 1.73. The number of nitrogens with two attached hydrogens (primary N) is 1. The van der Waals surface area contributed by atoms with Gasteiger partial charge in [-0.2, -0.15) is 5.10 Å². The summed E-state index contributed by atoms with van der Waals surface area (Å²) in [6, 6.07) is 8.65. The Labute approximate surface area is 154 Å². The number of anilines is 2. The molecule has 0 radical (unpaired) electrons. The van der Waals surface area contributed by atoms with Gasteiger partial charge in [0.25, 0.3) is 0 Å². The van der Waals surface area contributed by atoms with Crippen molar-refractivity contribution in [1.82, 2.24) is 20.2 Å². The number of aromatic amines is 1. The SMILES string of the molecule is COC(=O)c1cccc(CN2C(=O)Cc3c(N)nc(-c4ccn[nH]4)nc32)c1. The van der Waals surface area contributed by atoms with Gasteiger partial charge in [-0.15, -0.1) is 0 Å². The summed E-state index contributed by atoms with van der Waals surface area (Å²) >= 11 is 0. The summed E-state index contributed by atoms with van der Waals surface area (Å²) in [4.78, 5) is 34.6. The molecule has 0 spiro atoms. The number of nitrogen functional groups attached to an aromatic ring is 1. The lowest BCUT2D eigenvalue weighted by Gasteiger charge is -2.17. The van der Waals surface area contributed by atoms with Crippen LogP contribution in [0.4, 0.5) is 11.6 Å². The monoisotopic (exact) mass is 364 g/mol. The van der Waals surface area contributed by atoms with Crippen LogP contribution in [0.25, 0.3) is 11.5 Å².